The van der Waals surface area contributed by atoms with Crippen LogP contribution in [0.3, 0.4) is 0 Å². The molecule has 122 valence electrons. The maximum absolute atomic E-state index is 12.2. The van der Waals surface area contributed by atoms with Gasteiger partial charge in [-0.2, -0.15) is 0 Å². The SMILES string of the molecule is CC(C)N1CCCC[C@H]1CNC(=O)N1CC[C@@H]([C@H](C)O)C1. The van der Waals surface area contributed by atoms with Gasteiger partial charge >= 0.3 is 6.03 Å². The zero-order valence-electron chi connectivity index (χ0n) is 13.7. The van der Waals surface area contributed by atoms with E-state index in [4.69, 9.17) is 0 Å². The summed E-state index contributed by atoms with van der Waals surface area (Å²) >= 11 is 0. The number of nitrogens with zero attached hydrogens (tertiary/aromatic N) is 2. The summed E-state index contributed by atoms with van der Waals surface area (Å²) in [6.07, 6.45) is 4.29. The van der Waals surface area contributed by atoms with E-state index in [1.807, 2.05) is 11.8 Å². The number of nitrogens with one attached hydrogen (secondary N) is 1. The van der Waals surface area contributed by atoms with Gasteiger partial charge in [-0.25, -0.2) is 4.79 Å². The normalized spacial score (nSPS) is 28.9. The second-order valence-electron chi connectivity index (χ2n) is 6.90. The molecule has 3 atom stereocenters. The molecule has 2 heterocycles. The maximum Gasteiger partial charge on any atom is 0.317 e. The van der Waals surface area contributed by atoms with Crippen LogP contribution in [-0.2, 0) is 0 Å². The van der Waals surface area contributed by atoms with Crippen molar-refractivity contribution in [1.29, 1.82) is 0 Å². The fourth-order valence-electron chi connectivity index (χ4n) is 3.60. The van der Waals surface area contributed by atoms with Crippen LogP contribution in [0.5, 0.6) is 0 Å². The molecule has 2 saturated heterocycles. The first-order valence-electron chi connectivity index (χ1n) is 8.45. The van der Waals surface area contributed by atoms with E-state index in [-0.39, 0.29) is 18.1 Å². The van der Waals surface area contributed by atoms with Gasteiger partial charge in [-0.3, -0.25) is 4.90 Å². The molecule has 0 radical (unpaired) electrons. The number of carbonyl (C=O) groups excluding carboxylic acids is 1. The molecule has 21 heavy (non-hydrogen) atoms. The average molecular weight is 297 g/mol. The van der Waals surface area contributed by atoms with Crippen molar-refractivity contribution in [1.82, 2.24) is 15.1 Å². The minimum Gasteiger partial charge on any atom is -0.393 e. The van der Waals surface area contributed by atoms with Crippen molar-refractivity contribution in [2.75, 3.05) is 26.2 Å². The van der Waals surface area contributed by atoms with Gasteiger partial charge < -0.3 is 15.3 Å². The molecule has 0 bridgehead atoms. The first-order valence-corrected chi connectivity index (χ1v) is 8.45. The zero-order valence-corrected chi connectivity index (χ0v) is 13.7. The number of rotatable bonds is 4. The Labute approximate surface area is 128 Å². The molecule has 0 aliphatic carbocycles. The van der Waals surface area contributed by atoms with E-state index in [9.17, 15) is 9.90 Å². The Morgan fingerprint density at radius 3 is 2.62 bits per heavy atom. The van der Waals surface area contributed by atoms with Gasteiger partial charge in [0.25, 0.3) is 0 Å². The number of amides is 2. The minimum absolute atomic E-state index is 0.0347. The predicted molar refractivity (Wildman–Crippen MR) is 84.2 cm³/mol. The van der Waals surface area contributed by atoms with Crippen molar-refractivity contribution < 1.29 is 9.90 Å². The molecule has 0 unspecified atom stereocenters. The lowest BCUT2D eigenvalue weighted by molar-refractivity contribution is 0.109. The Balaban J connectivity index is 1.78. The molecule has 5 nitrogen and oxygen atoms in total. The summed E-state index contributed by atoms with van der Waals surface area (Å²) in [6.45, 7) is 9.61. The highest BCUT2D eigenvalue weighted by Crippen LogP contribution is 2.21. The van der Waals surface area contributed by atoms with Crippen LogP contribution in [0.1, 0.15) is 46.5 Å². The summed E-state index contributed by atoms with van der Waals surface area (Å²) in [5.41, 5.74) is 0. The first kappa shape index (κ1) is 16.6. The van der Waals surface area contributed by atoms with Gasteiger partial charge in [0, 0.05) is 37.6 Å². The number of carbonyl (C=O) groups is 1. The molecule has 5 heteroatoms. The molecule has 2 amide bonds. The number of hydrogen-bond acceptors (Lipinski definition) is 3. The van der Waals surface area contributed by atoms with Crippen molar-refractivity contribution in [2.24, 2.45) is 5.92 Å². The summed E-state index contributed by atoms with van der Waals surface area (Å²) < 4.78 is 0. The maximum atomic E-state index is 12.2. The van der Waals surface area contributed by atoms with Crippen molar-refractivity contribution in [3.05, 3.63) is 0 Å². The Bertz CT molecular complexity index is 346. The lowest BCUT2D eigenvalue weighted by atomic mass is 10.0. The summed E-state index contributed by atoms with van der Waals surface area (Å²) in [5.74, 6) is 0.234. The lowest BCUT2D eigenvalue weighted by Crippen LogP contribution is -2.51. The van der Waals surface area contributed by atoms with Gasteiger partial charge in [0.2, 0.25) is 0 Å². The van der Waals surface area contributed by atoms with Crippen LogP contribution >= 0.6 is 0 Å². The summed E-state index contributed by atoms with van der Waals surface area (Å²) in [6, 6.07) is 1.05. The van der Waals surface area contributed by atoms with Gasteiger partial charge in [-0.05, 0) is 46.6 Å². The molecule has 2 N–H and O–H groups in total. The standard InChI is InChI=1S/C16H31N3O2/c1-12(2)19-8-5-4-6-15(19)10-17-16(21)18-9-7-14(11-18)13(3)20/h12-15,20H,4-11H2,1-3H3,(H,17,21)/t13-,14+,15-/m0/s1. The zero-order chi connectivity index (χ0) is 15.4. The third kappa shape index (κ3) is 4.33. The highest BCUT2D eigenvalue weighted by molar-refractivity contribution is 5.74. The number of piperidine rings is 1. The highest BCUT2D eigenvalue weighted by Gasteiger charge is 2.30. The van der Waals surface area contributed by atoms with Gasteiger partial charge in [-0.1, -0.05) is 6.42 Å². The van der Waals surface area contributed by atoms with Crippen molar-refractivity contribution in [3.63, 3.8) is 0 Å². The van der Waals surface area contributed by atoms with E-state index in [1.165, 1.54) is 19.3 Å². The Morgan fingerprint density at radius 1 is 1.24 bits per heavy atom. The number of aliphatic hydroxyl groups is 1. The predicted octanol–water partition coefficient (Wildman–Crippen LogP) is 1.66. The molecule has 2 fully saturated rings. The molecule has 0 aromatic rings. The van der Waals surface area contributed by atoms with Crippen LogP contribution in [0.2, 0.25) is 0 Å². The topological polar surface area (TPSA) is 55.8 Å². The minimum atomic E-state index is -0.322. The summed E-state index contributed by atoms with van der Waals surface area (Å²) in [4.78, 5) is 16.6. The second-order valence-corrected chi connectivity index (χ2v) is 6.90. The van der Waals surface area contributed by atoms with Crippen molar-refractivity contribution in [3.8, 4) is 0 Å². The Morgan fingerprint density at radius 2 is 2.00 bits per heavy atom. The molecule has 0 aromatic carbocycles. The molecule has 0 spiro atoms. The van der Waals surface area contributed by atoms with E-state index in [0.29, 0.717) is 18.6 Å². The first-order chi connectivity index (χ1) is 9.99. The van der Waals surface area contributed by atoms with Gasteiger partial charge in [0.15, 0.2) is 0 Å². The van der Waals surface area contributed by atoms with Crippen LogP contribution in [-0.4, -0.2) is 65.3 Å². The third-order valence-electron chi connectivity index (χ3n) is 5.02. The largest absolute Gasteiger partial charge is 0.393 e. The fourth-order valence-corrected chi connectivity index (χ4v) is 3.60. The number of aliphatic hydroxyl groups excluding tert-OH is 1. The second kappa shape index (κ2) is 7.45. The van der Waals surface area contributed by atoms with Crippen LogP contribution in [0.4, 0.5) is 4.79 Å². The van der Waals surface area contributed by atoms with Crippen molar-refractivity contribution in [2.45, 2.75) is 64.6 Å². The van der Waals surface area contributed by atoms with Gasteiger partial charge in [-0.15, -0.1) is 0 Å². The monoisotopic (exact) mass is 297 g/mol. The van der Waals surface area contributed by atoms with Crippen LogP contribution < -0.4 is 5.32 Å². The van der Waals surface area contributed by atoms with E-state index < -0.39 is 0 Å². The van der Waals surface area contributed by atoms with Crippen LogP contribution in [0, 0.1) is 5.92 Å². The molecule has 0 aromatic heterocycles. The van der Waals surface area contributed by atoms with E-state index in [2.05, 4.69) is 24.1 Å². The Kier molecular flexibility index (Phi) is 5.88. The molecule has 2 aliphatic heterocycles. The van der Waals surface area contributed by atoms with E-state index >= 15 is 0 Å². The number of urea groups is 1. The fraction of sp³-hybridized carbons (Fsp3) is 0.938. The lowest BCUT2D eigenvalue weighted by Gasteiger charge is -2.38. The summed E-state index contributed by atoms with van der Waals surface area (Å²) in [7, 11) is 0. The molecular weight excluding hydrogens is 266 g/mol. The van der Waals surface area contributed by atoms with Gasteiger partial charge in [0.05, 0.1) is 6.10 Å². The smallest absolute Gasteiger partial charge is 0.317 e. The quantitative estimate of drug-likeness (QED) is 0.830. The molecule has 2 aliphatic rings. The van der Waals surface area contributed by atoms with Gasteiger partial charge in [0.1, 0.15) is 0 Å². The third-order valence-corrected chi connectivity index (χ3v) is 5.02. The molecular formula is C16H31N3O2. The van der Waals surface area contributed by atoms with E-state index in [1.54, 1.807) is 0 Å². The van der Waals surface area contributed by atoms with Crippen LogP contribution in [0.15, 0.2) is 0 Å². The molecule has 0 saturated carbocycles. The van der Waals surface area contributed by atoms with Crippen LogP contribution in [0.25, 0.3) is 0 Å². The summed E-state index contributed by atoms with van der Waals surface area (Å²) in [5, 5.41) is 12.7. The number of hydrogen-bond donors (Lipinski definition) is 2. The average Bonchev–Trinajstić information content (AvgIpc) is 2.95. The Hall–Kier alpha value is -0.810. The van der Waals surface area contributed by atoms with Crippen molar-refractivity contribution >= 4 is 6.03 Å². The molecule has 2 rings (SSSR count). The highest BCUT2D eigenvalue weighted by atomic mass is 16.3. The van der Waals surface area contributed by atoms with E-state index in [0.717, 1.165) is 26.1 Å². The number of likely N-dealkylation sites (tertiary alicyclic amines) is 2.